The molecule has 0 saturated carbocycles. The third-order valence-electron chi connectivity index (χ3n) is 2.85. The molecule has 1 aliphatic rings. The fraction of sp³-hybridized carbons (Fsp3) is 0.455. The van der Waals surface area contributed by atoms with Gasteiger partial charge in [0.25, 0.3) is 10.2 Å². The van der Waals surface area contributed by atoms with Gasteiger partial charge in [0.05, 0.1) is 11.4 Å². The van der Waals surface area contributed by atoms with Crippen LogP contribution in [0.2, 0.25) is 0 Å². The van der Waals surface area contributed by atoms with Crippen molar-refractivity contribution in [3.05, 3.63) is 24.3 Å². The molecule has 1 aromatic carbocycles. The molecule has 1 saturated heterocycles. The molecule has 0 aliphatic carbocycles. The Labute approximate surface area is 102 Å². The van der Waals surface area contributed by atoms with Gasteiger partial charge in [-0.05, 0) is 31.4 Å². The third-order valence-corrected chi connectivity index (χ3v) is 3.36. The summed E-state index contributed by atoms with van der Waals surface area (Å²) in [5.74, 6) is 0. The van der Waals surface area contributed by atoms with Crippen LogP contribution in [-0.2, 0) is 10.2 Å². The van der Waals surface area contributed by atoms with Crippen LogP contribution >= 0.6 is 0 Å². The van der Waals surface area contributed by atoms with E-state index in [2.05, 4.69) is 9.62 Å². The van der Waals surface area contributed by atoms with Gasteiger partial charge in [0.1, 0.15) is 0 Å². The standard InChI is InChI=1S/C11H17N3O2S/c12-17(15,16)13-10-6-2-3-7-11(10)14-8-4-1-5-9-14/h2-3,6-7,13H,1,4-5,8-9H2,(H2,12,15,16). The van der Waals surface area contributed by atoms with Crippen molar-refractivity contribution in [1.29, 1.82) is 0 Å². The molecule has 0 bridgehead atoms. The SMILES string of the molecule is NS(=O)(=O)Nc1ccccc1N1CCCCC1. The first kappa shape index (κ1) is 12.2. The van der Waals surface area contributed by atoms with E-state index < -0.39 is 10.2 Å². The van der Waals surface area contributed by atoms with Crippen molar-refractivity contribution in [1.82, 2.24) is 0 Å². The minimum absolute atomic E-state index is 0.553. The van der Waals surface area contributed by atoms with Crippen molar-refractivity contribution < 1.29 is 8.42 Å². The second-order valence-corrected chi connectivity index (χ2v) is 5.51. The molecule has 0 unspecified atom stereocenters. The minimum atomic E-state index is -3.72. The Balaban J connectivity index is 2.26. The van der Waals surface area contributed by atoms with E-state index in [9.17, 15) is 8.42 Å². The molecule has 0 radical (unpaired) electrons. The van der Waals surface area contributed by atoms with Gasteiger partial charge in [-0.25, -0.2) is 5.14 Å². The van der Waals surface area contributed by atoms with Gasteiger partial charge in [0.2, 0.25) is 0 Å². The zero-order chi connectivity index (χ0) is 12.3. The average molecular weight is 255 g/mol. The lowest BCUT2D eigenvalue weighted by molar-refractivity contribution is 0.578. The van der Waals surface area contributed by atoms with Crippen molar-refractivity contribution in [3.8, 4) is 0 Å². The first-order valence-corrected chi connectivity index (χ1v) is 7.25. The number of para-hydroxylation sites is 2. The van der Waals surface area contributed by atoms with Gasteiger partial charge in [-0.1, -0.05) is 12.1 Å². The van der Waals surface area contributed by atoms with E-state index in [1.165, 1.54) is 6.42 Å². The zero-order valence-corrected chi connectivity index (χ0v) is 10.4. The van der Waals surface area contributed by atoms with E-state index in [1.54, 1.807) is 12.1 Å². The second kappa shape index (κ2) is 4.93. The maximum Gasteiger partial charge on any atom is 0.296 e. The number of benzene rings is 1. The molecule has 1 aliphatic heterocycles. The molecule has 0 aromatic heterocycles. The number of piperidine rings is 1. The molecule has 1 aromatic rings. The molecule has 0 spiro atoms. The fourth-order valence-corrected chi connectivity index (χ4v) is 2.60. The molecule has 0 amide bonds. The molecule has 1 heterocycles. The van der Waals surface area contributed by atoms with Crippen LogP contribution in [0.1, 0.15) is 19.3 Å². The molecule has 0 atom stereocenters. The number of hydrogen-bond donors (Lipinski definition) is 2. The quantitative estimate of drug-likeness (QED) is 0.854. The summed E-state index contributed by atoms with van der Waals surface area (Å²) in [5.41, 5.74) is 1.46. The molecule has 3 N–H and O–H groups in total. The summed E-state index contributed by atoms with van der Waals surface area (Å²) >= 11 is 0. The summed E-state index contributed by atoms with van der Waals surface area (Å²) < 4.78 is 24.5. The van der Waals surface area contributed by atoms with Gasteiger partial charge in [0.15, 0.2) is 0 Å². The normalized spacial score (nSPS) is 16.9. The van der Waals surface area contributed by atoms with Crippen molar-refractivity contribution in [2.24, 2.45) is 5.14 Å². The van der Waals surface area contributed by atoms with Gasteiger partial charge in [-0.15, -0.1) is 0 Å². The van der Waals surface area contributed by atoms with Crippen molar-refractivity contribution in [2.45, 2.75) is 19.3 Å². The Morgan fingerprint density at radius 3 is 2.41 bits per heavy atom. The van der Waals surface area contributed by atoms with Gasteiger partial charge < -0.3 is 4.90 Å². The number of rotatable bonds is 3. The number of anilines is 2. The van der Waals surface area contributed by atoms with E-state index in [0.29, 0.717) is 5.69 Å². The Kier molecular flexibility index (Phi) is 3.54. The molecule has 94 valence electrons. The van der Waals surface area contributed by atoms with Gasteiger partial charge in [-0.2, -0.15) is 8.42 Å². The lowest BCUT2D eigenvalue weighted by Gasteiger charge is -2.30. The van der Waals surface area contributed by atoms with Crippen LogP contribution in [-0.4, -0.2) is 21.5 Å². The van der Waals surface area contributed by atoms with E-state index in [4.69, 9.17) is 5.14 Å². The average Bonchev–Trinajstić information content (AvgIpc) is 2.29. The predicted octanol–water partition coefficient (Wildman–Crippen LogP) is 1.29. The topological polar surface area (TPSA) is 75.4 Å². The predicted molar refractivity (Wildman–Crippen MR) is 69.2 cm³/mol. The van der Waals surface area contributed by atoms with E-state index >= 15 is 0 Å². The van der Waals surface area contributed by atoms with Gasteiger partial charge in [0, 0.05) is 13.1 Å². The van der Waals surface area contributed by atoms with Crippen LogP contribution < -0.4 is 14.8 Å². The minimum Gasteiger partial charge on any atom is -0.370 e. The number of nitrogens with two attached hydrogens (primary N) is 1. The summed E-state index contributed by atoms with van der Waals surface area (Å²) in [6.07, 6.45) is 3.52. The maximum atomic E-state index is 11.1. The van der Waals surface area contributed by atoms with Crippen LogP contribution in [0.5, 0.6) is 0 Å². The zero-order valence-electron chi connectivity index (χ0n) is 9.59. The Hall–Kier alpha value is -1.27. The first-order chi connectivity index (χ1) is 8.06. The highest BCUT2D eigenvalue weighted by Gasteiger charge is 2.15. The lowest BCUT2D eigenvalue weighted by Crippen LogP contribution is -2.31. The van der Waals surface area contributed by atoms with E-state index in [0.717, 1.165) is 31.6 Å². The summed E-state index contributed by atoms with van der Waals surface area (Å²) in [7, 11) is -3.72. The van der Waals surface area contributed by atoms with Crippen molar-refractivity contribution in [2.75, 3.05) is 22.7 Å². The van der Waals surface area contributed by atoms with Crippen LogP contribution in [0.4, 0.5) is 11.4 Å². The lowest BCUT2D eigenvalue weighted by atomic mass is 10.1. The third kappa shape index (κ3) is 3.34. The number of nitrogens with zero attached hydrogens (tertiary/aromatic N) is 1. The smallest absolute Gasteiger partial charge is 0.296 e. The van der Waals surface area contributed by atoms with Crippen molar-refractivity contribution in [3.63, 3.8) is 0 Å². The summed E-state index contributed by atoms with van der Waals surface area (Å²) in [6.45, 7) is 1.92. The molecule has 2 rings (SSSR count). The summed E-state index contributed by atoms with van der Waals surface area (Å²) in [5, 5.41) is 5.01. The molecular formula is C11H17N3O2S. The van der Waals surface area contributed by atoms with Crippen LogP contribution in [0, 0.1) is 0 Å². The second-order valence-electron chi connectivity index (χ2n) is 4.21. The molecule has 5 nitrogen and oxygen atoms in total. The van der Waals surface area contributed by atoms with Crippen molar-refractivity contribution >= 4 is 21.6 Å². The van der Waals surface area contributed by atoms with Gasteiger partial charge in [-0.3, -0.25) is 4.72 Å². The van der Waals surface area contributed by atoms with Crippen LogP contribution in [0.3, 0.4) is 0 Å². The Bertz CT molecular complexity index is 481. The number of nitrogens with one attached hydrogen (secondary N) is 1. The fourth-order valence-electron chi connectivity index (χ4n) is 2.12. The van der Waals surface area contributed by atoms with E-state index in [-0.39, 0.29) is 0 Å². The highest BCUT2D eigenvalue weighted by Crippen LogP contribution is 2.28. The molecule has 1 fully saturated rings. The van der Waals surface area contributed by atoms with Gasteiger partial charge >= 0.3 is 0 Å². The monoisotopic (exact) mass is 255 g/mol. The highest BCUT2D eigenvalue weighted by atomic mass is 32.2. The molecule has 17 heavy (non-hydrogen) atoms. The Morgan fingerprint density at radius 1 is 1.12 bits per heavy atom. The first-order valence-electron chi connectivity index (χ1n) is 5.71. The summed E-state index contributed by atoms with van der Waals surface area (Å²) in [6, 6.07) is 7.34. The van der Waals surface area contributed by atoms with Crippen LogP contribution in [0.15, 0.2) is 24.3 Å². The Morgan fingerprint density at radius 2 is 1.76 bits per heavy atom. The maximum absolute atomic E-state index is 11.1. The van der Waals surface area contributed by atoms with E-state index in [1.807, 2.05) is 12.1 Å². The highest BCUT2D eigenvalue weighted by molar-refractivity contribution is 7.90. The largest absolute Gasteiger partial charge is 0.370 e. The summed E-state index contributed by atoms with van der Waals surface area (Å²) in [4.78, 5) is 2.19. The van der Waals surface area contributed by atoms with Crippen LogP contribution in [0.25, 0.3) is 0 Å². The number of hydrogen-bond acceptors (Lipinski definition) is 3. The molecule has 6 heteroatoms. The molecular weight excluding hydrogens is 238 g/mol.